The Kier molecular flexibility index (Phi) is 4.47. The zero-order valence-corrected chi connectivity index (χ0v) is 11.7. The SMILES string of the molecule is CCc1ccsc1CNC(=O)c1ccnc(C(=O)O)c1. The van der Waals surface area contributed by atoms with Crippen molar-refractivity contribution in [2.45, 2.75) is 19.9 Å². The zero-order valence-electron chi connectivity index (χ0n) is 10.9. The number of pyridine rings is 1. The maximum absolute atomic E-state index is 12.0. The summed E-state index contributed by atoms with van der Waals surface area (Å²) in [4.78, 5) is 27.6. The third kappa shape index (κ3) is 3.21. The number of aromatic carboxylic acids is 1. The van der Waals surface area contributed by atoms with Crippen LogP contribution in [0.2, 0.25) is 0 Å². The highest BCUT2D eigenvalue weighted by atomic mass is 32.1. The van der Waals surface area contributed by atoms with Crippen LogP contribution in [-0.4, -0.2) is 22.0 Å². The third-order valence-corrected chi connectivity index (χ3v) is 3.83. The van der Waals surface area contributed by atoms with Crippen LogP contribution in [0.3, 0.4) is 0 Å². The summed E-state index contributed by atoms with van der Waals surface area (Å²) in [7, 11) is 0. The lowest BCUT2D eigenvalue weighted by atomic mass is 10.2. The molecule has 2 aromatic heterocycles. The van der Waals surface area contributed by atoms with Crippen molar-refractivity contribution in [2.24, 2.45) is 0 Å². The van der Waals surface area contributed by atoms with E-state index in [-0.39, 0.29) is 11.6 Å². The Morgan fingerprint density at radius 3 is 2.90 bits per heavy atom. The quantitative estimate of drug-likeness (QED) is 0.885. The first-order valence-corrected chi connectivity index (χ1v) is 7.02. The number of hydrogen-bond donors (Lipinski definition) is 2. The molecule has 2 aromatic rings. The predicted molar refractivity (Wildman–Crippen MR) is 76.1 cm³/mol. The maximum Gasteiger partial charge on any atom is 0.354 e. The Labute approximate surface area is 120 Å². The van der Waals surface area contributed by atoms with Crippen LogP contribution in [-0.2, 0) is 13.0 Å². The standard InChI is InChI=1S/C14H14N2O3S/c1-2-9-4-6-20-12(9)8-16-13(17)10-3-5-15-11(7-10)14(18)19/h3-7H,2,8H2,1H3,(H,16,17)(H,18,19). The number of nitrogens with zero attached hydrogens (tertiary/aromatic N) is 1. The van der Waals surface area contributed by atoms with Gasteiger partial charge in [0, 0.05) is 16.6 Å². The minimum atomic E-state index is -1.15. The second kappa shape index (κ2) is 6.29. The molecule has 20 heavy (non-hydrogen) atoms. The molecule has 5 nitrogen and oxygen atoms in total. The van der Waals surface area contributed by atoms with Crippen molar-refractivity contribution in [1.29, 1.82) is 0 Å². The van der Waals surface area contributed by atoms with Crippen molar-refractivity contribution in [3.05, 3.63) is 51.5 Å². The number of carbonyl (C=O) groups excluding carboxylic acids is 1. The summed E-state index contributed by atoms with van der Waals surface area (Å²) in [6.07, 6.45) is 2.24. The summed E-state index contributed by atoms with van der Waals surface area (Å²) < 4.78 is 0. The fourth-order valence-corrected chi connectivity index (χ4v) is 2.70. The monoisotopic (exact) mass is 290 g/mol. The molecular formula is C14H14N2O3S. The van der Waals surface area contributed by atoms with Crippen LogP contribution >= 0.6 is 11.3 Å². The van der Waals surface area contributed by atoms with Crippen LogP contribution in [0.1, 0.15) is 38.2 Å². The van der Waals surface area contributed by atoms with Crippen molar-refractivity contribution < 1.29 is 14.7 Å². The summed E-state index contributed by atoms with van der Waals surface area (Å²) in [6, 6.07) is 4.81. The van der Waals surface area contributed by atoms with Gasteiger partial charge in [0.2, 0.25) is 0 Å². The first-order valence-electron chi connectivity index (χ1n) is 6.14. The van der Waals surface area contributed by atoms with Gasteiger partial charge >= 0.3 is 5.97 Å². The number of nitrogens with one attached hydrogen (secondary N) is 1. The van der Waals surface area contributed by atoms with Crippen LogP contribution in [0.4, 0.5) is 0 Å². The molecule has 104 valence electrons. The average Bonchev–Trinajstić information content (AvgIpc) is 2.92. The topological polar surface area (TPSA) is 79.3 Å². The minimum Gasteiger partial charge on any atom is -0.477 e. The van der Waals surface area contributed by atoms with E-state index in [1.54, 1.807) is 11.3 Å². The highest BCUT2D eigenvalue weighted by molar-refractivity contribution is 7.10. The van der Waals surface area contributed by atoms with Gasteiger partial charge in [0.15, 0.2) is 0 Å². The van der Waals surface area contributed by atoms with Crippen molar-refractivity contribution in [3.8, 4) is 0 Å². The molecular weight excluding hydrogens is 276 g/mol. The van der Waals surface area contributed by atoms with Crippen molar-refractivity contribution in [3.63, 3.8) is 0 Å². The molecule has 0 fully saturated rings. The van der Waals surface area contributed by atoms with Crippen molar-refractivity contribution >= 4 is 23.2 Å². The molecule has 0 spiro atoms. The normalized spacial score (nSPS) is 10.2. The lowest BCUT2D eigenvalue weighted by molar-refractivity contribution is 0.0690. The van der Waals surface area contributed by atoms with Crippen molar-refractivity contribution in [1.82, 2.24) is 10.3 Å². The Bertz CT molecular complexity index is 637. The molecule has 1 amide bonds. The van der Waals surface area contributed by atoms with E-state index in [9.17, 15) is 9.59 Å². The van der Waals surface area contributed by atoms with Gasteiger partial charge in [-0.3, -0.25) is 4.79 Å². The van der Waals surface area contributed by atoms with E-state index in [2.05, 4.69) is 17.2 Å². The molecule has 0 radical (unpaired) electrons. The number of hydrogen-bond acceptors (Lipinski definition) is 4. The molecule has 2 heterocycles. The zero-order chi connectivity index (χ0) is 14.5. The summed E-state index contributed by atoms with van der Waals surface area (Å²) in [5.41, 5.74) is 1.38. The number of carboxylic acids is 1. The fraction of sp³-hybridized carbons (Fsp3) is 0.214. The smallest absolute Gasteiger partial charge is 0.354 e. The highest BCUT2D eigenvalue weighted by Gasteiger charge is 2.11. The Hall–Kier alpha value is -2.21. The minimum absolute atomic E-state index is 0.136. The highest BCUT2D eigenvalue weighted by Crippen LogP contribution is 2.17. The Morgan fingerprint density at radius 1 is 1.40 bits per heavy atom. The molecule has 0 unspecified atom stereocenters. The van der Waals surface area contributed by atoms with Crippen LogP contribution in [0.15, 0.2) is 29.8 Å². The molecule has 6 heteroatoms. The van der Waals surface area contributed by atoms with Crippen molar-refractivity contribution in [2.75, 3.05) is 0 Å². The van der Waals surface area contributed by atoms with Gasteiger partial charge in [-0.15, -0.1) is 11.3 Å². The number of carboxylic acid groups (broad SMARTS) is 1. The van der Waals surface area contributed by atoms with E-state index in [1.165, 1.54) is 23.9 Å². The van der Waals surface area contributed by atoms with Gasteiger partial charge in [-0.25, -0.2) is 9.78 Å². The van der Waals surface area contributed by atoms with Crippen LogP contribution < -0.4 is 5.32 Å². The number of aryl methyl sites for hydroxylation is 1. The summed E-state index contributed by atoms with van der Waals surface area (Å²) in [5, 5.41) is 13.6. The third-order valence-electron chi connectivity index (χ3n) is 2.87. The molecule has 0 saturated heterocycles. The number of carbonyl (C=O) groups is 2. The number of amides is 1. The first-order chi connectivity index (χ1) is 9.61. The van der Waals surface area contributed by atoms with E-state index in [0.717, 1.165) is 11.3 Å². The predicted octanol–water partition coefficient (Wildman–Crippen LogP) is 2.33. The van der Waals surface area contributed by atoms with Gasteiger partial charge in [0.25, 0.3) is 5.91 Å². The Balaban J connectivity index is 2.05. The molecule has 0 aromatic carbocycles. The van der Waals surface area contributed by atoms with E-state index in [1.807, 2.05) is 11.4 Å². The maximum atomic E-state index is 12.0. The largest absolute Gasteiger partial charge is 0.477 e. The number of thiophene rings is 1. The van der Waals surface area contributed by atoms with E-state index >= 15 is 0 Å². The van der Waals surface area contributed by atoms with Crippen LogP contribution in [0.25, 0.3) is 0 Å². The molecule has 0 aliphatic heterocycles. The molecule has 0 aliphatic carbocycles. The summed E-state index contributed by atoms with van der Waals surface area (Å²) >= 11 is 1.60. The summed E-state index contributed by atoms with van der Waals surface area (Å²) in [5.74, 6) is -1.45. The molecule has 0 saturated carbocycles. The number of aromatic nitrogens is 1. The van der Waals surface area contributed by atoms with E-state index < -0.39 is 5.97 Å². The fourth-order valence-electron chi connectivity index (χ4n) is 1.79. The lowest BCUT2D eigenvalue weighted by Crippen LogP contribution is -2.23. The second-order valence-corrected chi connectivity index (χ2v) is 5.14. The lowest BCUT2D eigenvalue weighted by Gasteiger charge is -2.06. The van der Waals surface area contributed by atoms with E-state index in [4.69, 9.17) is 5.11 Å². The van der Waals surface area contributed by atoms with Crippen LogP contribution in [0, 0.1) is 0 Å². The molecule has 2 N–H and O–H groups in total. The van der Waals surface area contributed by atoms with Gasteiger partial charge in [-0.2, -0.15) is 0 Å². The van der Waals surface area contributed by atoms with Gasteiger partial charge in [-0.1, -0.05) is 6.92 Å². The summed E-state index contributed by atoms with van der Waals surface area (Å²) in [6.45, 7) is 2.51. The van der Waals surface area contributed by atoms with Gasteiger partial charge < -0.3 is 10.4 Å². The van der Waals surface area contributed by atoms with Gasteiger partial charge in [0.05, 0.1) is 6.54 Å². The first kappa shape index (κ1) is 14.2. The van der Waals surface area contributed by atoms with Gasteiger partial charge in [-0.05, 0) is 35.6 Å². The Morgan fingerprint density at radius 2 is 2.20 bits per heavy atom. The second-order valence-electron chi connectivity index (χ2n) is 4.14. The number of rotatable bonds is 5. The van der Waals surface area contributed by atoms with E-state index in [0.29, 0.717) is 12.1 Å². The molecule has 0 aliphatic rings. The van der Waals surface area contributed by atoms with Crippen LogP contribution in [0.5, 0.6) is 0 Å². The molecule has 0 bridgehead atoms. The molecule has 2 rings (SSSR count). The molecule has 0 atom stereocenters. The van der Waals surface area contributed by atoms with Gasteiger partial charge in [0.1, 0.15) is 5.69 Å². The average molecular weight is 290 g/mol.